The van der Waals surface area contributed by atoms with Crippen molar-refractivity contribution < 1.29 is 0 Å². The van der Waals surface area contributed by atoms with Gasteiger partial charge in [-0.2, -0.15) is 0 Å². The van der Waals surface area contributed by atoms with Gasteiger partial charge in [-0.3, -0.25) is 9.89 Å². The molecule has 0 N–H and O–H groups in total. The summed E-state index contributed by atoms with van der Waals surface area (Å²) < 4.78 is 0. The van der Waals surface area contributed by atoms with E-state index < -0.39 is 0 Å². The summed E-state index contributed by atoms with van der Waals surface area (Å²) in [7, 11) is 2.19. The van der Waals surface area contributed by atoms with Crippen LogP contribution in [0, 0.1) is 0 Å². The van der Waals surface area contributed by atoms with Crippen molar-refractivity contribution in [3.05, 3.63) is 71.8 Å². The number of hydrogen-bond acceptors (Lipinski definition) is 3. The maximum absolute atomic E-state index is 4.49. The van der Waals surface area contributed by atoms with Crippen molar-refractivity contribution in [2.24, 2.45) is 4.99 Å². The molecule has 0 saturated carbocycles. The summed E-state index contributed by atoms with van der Waals surface area (Å²) in [5.41, 5.74) is 3.54. The number of allylic oxidation sites excluding steroid dienone is 1. The molecule has 2 aromatic carbocycles. The molecule has 0 aromatic heterocycles. The Kier molecular flexibility index (Phi) is 5.94. The van der Waals surface area contributed by atoms with E-state index in [9.17, 15) is 0 Å². The highest BCUT2D eigenvalue weighted by Gasteiger charge is 2.13. The maximum Gasteiger partial charge on any atom is 0.0629 e. The van der Waals surface area contributed by atoms with Gasteiger partial charge in [0.1, 0.15) is 0 Å². The molecule has 3 nitrogen and oxygen atoms in total. The smallest absolute Gasteiger partial charge is 0.0629 e. The second kappa shape index (κ2) is 8.57. The van der Waals surface area contributed by atoms with Gasteiger partial charge in [-0.15, -0.1) is 0 Å². The molecule has 2 aromatic rings. The molecule has 24 heavy (non-hydrogen) atoms. The summed E-state index contributed by atoms with van der Waals surface area (Å²) in [6.07, 6.45) is 5.89. The second-order valence-electron chi connectivity index (χ2n) is 6.29. The summed E-state index contributed by atoms with van der Waals surface area (Å²) in [6.45, 7) is 5.67. The van der Waals surface area contributed by atoms with Gasteiger partial charge in [-0.25, -0.2) is 0 Å². The van der Waals surface area contributed by atoms with Crippen LogP contribution in [-0.4, -0.2) is 49.2 Å². The predicted molar refractivity (Wildman–Crippen MR) is 103 cm³/mol. The van der Waals surface area contributed by atoms with Crippen LogP contribution >= 0.6 is 0 Å². The van der Waals surface area contributed by atoms with Gasteiger partial charge in [0.2, 0.25) is 0 Å². The minimum atomic E-state index is 0.995. The van der Waals surface area contributed by atoms with E-state index in [1.165, 1.54) is 11.1 Å². The molecule has 3 rings (SSSR count). The Morgan fingerprint density at radius 1 is 0.917 bits per heavy atom. The van der Waals surface area contributed by atoms with Crippen LogP contribution in [0.25, 0.3) is 6.08 Å². The summed E-state index contributed by atoms with van der Waals surface area (Å²) >= 11 is 0. The molecule has 124 valence electrons. The molecule has 1 aliphatic rings. The first-order valence-corrected chi connectivity index (χ1v) is 8.55. The Morgan fingerprint density at radius 3 is 2.33 bits per heavy atom. The molecule has 0 radical (unpaired) electrons. The van der Waals surface area contributed by atoms with Crippen molar-refractivity contribution >= 4 is 18.0 Å². The van der Waals surface area contributed by atoms with Crippen molar-refractivity contribution in [3.63, 3.8) is 0 Å². The van der Waals surface area contributed by atoms with Gasteiger partial charge in [0.15, 0.2) is 0 Å². The van der Waals surface area contributed by atoms with Crippen LogP contribution in [0.15, 0.2) is 65.7 Å². The van der Waals surface area contributed by atoms with E-state index in [2.05, 4.69) is 64.3 Å². The third-order valence-corrected chi connectivity index (χ3v) is 4.34. The molecule has 1 aliphatic heterocycles. The van der Waals surface area contributed by atoms with Gasteiger partial charge < -0.3 is 4.90 Å². The number of hydrogen-bond donors (Lipinski definition) is 0. The lowest BCUT2D eigenvalue weighted by molar-refractivity contribution is 0.148. The Bertz CT molecular complexity index is 666. The quantitative estimate of drug-likeness (QED) is 0.780. The number of nitrogens with zero attached hydrogens (tertiary/aromatic N) is 3. The highest BCUT2D eigenvalue weighted by atomic mass is 15.2. The lowest BCUT2D eigenvalue weighted by Crippen LogP contribution is -2.43. The fourth-order valence-corrected chi connectivity index (χ4v) is 2.80. The minimum Gasteiger partial charge on any atom is -0.304 e. The molecule has 0 aliphatic carbocycles. The maximum atomic E-state index is 4.49. The number of rotatable bonds is 5. The van der Waals surface area contributed by atoms with Crippen molar-refractivity contribution in [1.82, 2.24) is 9.80 Å². The second-order valence-corrected chi connectivity index (χ2v) is 6.29. The molecule has 1 saturated heterocycles. The number of piperazine rings is 1. The van der Waals surface area contributed by atoms with Gasteiger partial charge in [0.25, 0.3) is 0 Å². The zero-order valence-electron chi connectivity index (χ0n) is 14.3. The van der Waals surface area contributed by atoms with Crippen molar-refractivity contribution in [1.29, 1.82) is 0 Å². The topological polar surface area (TPSA) is 18.8 Å². The van der Waals surface area contributed by atoms with Gasteiger partial charge in [0.05, 0.1) is 5.69 Å². The monoisotopic (exact) mass is 319 g/mol. The number of benzene rings is 2. The molecule has 1 fully saturated rings. The first-order valence-electron chi connectivity index (χ1n) is 8.55. The van der Waals surface area contributed by atoms with E-state index in [0.717, 1.165) is 38.4 Å². The Balaban J connectivity index is 1.51. The Hall–Kier alpha value is -2.23. The van der Waals surface area contributed by atoms with Gasteiger partial charge >= 0.3 is 0 Å². The van der Waals surface area contributed by atoms with Crippen LogP contribution in [0.2, 0.25) is 0 Å². The molecular weight excluding hydrogens is 294 g/mol. The Labute approximate surface area is 144 Å². The average Bonchev–Trinajstić information content (AvgIpc) is 2.63. The minimum absolute atomic E-state index is 0.995. The molecule has 0 spiro atoms. The van der Waals surface area contributed by atoms with Crippen LogP contribution in [0.3, 0.4) is 0 Å². The van der Waals surface area contributed by atoms with E-state index in [1.807, 2.05) is 30.5 Å². The number of aliphatic imine (C=N–C) groups is 1. The Morgan fingerprint density at radius 2 is 1.62 bits per heavy atom. The predicted octanol–water partition coefficient (Wildman–Crippen LogP) is 3.85. The van der Waals surface area contributed by atoms with E-state index >= 15 is 0 Å². The molecule has 3 heteroatoms. The lowest BCUT2D eigenvalue weighted by atomic mass is 10.2. The summed E-state index contributed by atoms with van der Waals surface area (Å²) in [4.78, 5) is 9.39. The van der Waals surface area contributed by atoms with E-state index in [0.29, 0.717) is 0 Å². The van der Waals surface area contributed by atoms with Crippen LogP contribution in [0.5, 0.6) is 0 Å². The van der Waals surface area contributed by atoms with Gasteiger partial charge in [-0.05, 0) is 36.4 Å². The normalized spacial score (nSPS) is 17.0. The van der Waals surface area contributed by atoms with Gasteiger partial charge in [0, 0.05) is 38.9 Å². The zero-order chi connectivity index (χ0) is 16.6. The first-order chi connectivity index (χ1) is 11.8. The van der Waals surface area contributed by atoms with E-state index in [4.69, 9.17) is 0 Å². The van der Waals surface area contributed by atoms with Crippen LogP contribution < -0.4 is 0 Å². The molecule has 1 heterocycles. The zero-order valence-corrected chi connectivity index (χ0v) is 14.3. The van der Waals surface area contributed by atoms with Crippen LogP contribution in [-0.2, 0) is 6.54 Å². The fraction of sp³-hybridized carbons (Fsp3) is 0.286. The van der Waals surface area contributed by atoms with Crippen molar-refractivity contribution in [2.45, 2.75) is 6.54 Å². The van der Waals surface area contributed by atoms with Crippen LogP contribution in [0.1, 0.15) is 11.1 Å². The molecule has 0 amide bonds. The highest BCUT2D eigenvalue weighted by Crippen LogP contribution is 2.15. The average molecular weight is 319 g/mol. The molecule has 0 atom stereocenters. The molecule has 0 bridgehead atoms. The summed E-state index contributed by atoms with van der Waals surface area (Å²) in [6, 6.07) is 18.8. The van der Waals surface area contributed by atoms with Gasteiger partial charge in [-0.1, -0.05) is 48.5 Å². The van der Waals surface area contributed by atoms with Crippen molar-refractivity contribution in [3.8, 4) is 0 Å². The largest absolute Gasteiger partial charge is 0.304 e. The third-order valence-electron chi connectivity index (χ3n) is 4.34. The van der Waals surface area contributed by atoms with E-state index in [-0.39, 0.29) is 0 Å². The van der Waals surface area contributed by atoms with Crippen LogP contribution in [0.4, 0.5) is 5.69 Å². The number of likely N-dealkylation sites (N-methyl/N-ethyl adjacent to an activating group) is 1. The molecular formula is C21H25N3. The summed E-state index contributed by atoms with van der Waals surface area (Å²) in [5.74, 6) is 0. The van der Waals surface area contributed by atoms with E-state index in [1.54, 1.807) is 0 Å². The highest BCUT2D eigenvalue weighted by molar-refractivity contribution is 5.80. The fourth-order valence-electron chi connectivity index (χ4n) is 2.80. The molecule has 0 unspecified atom stereocenters. The lowest BCUT2D eigenvalue weighted by Gasteiger charge is -2.32. The SMILES string of the molecule is CN1CCN(Cc2ccc(N=C/C=C/c3ccccc3)cc2)CC1. The first kappa shape index (κ1) is 16.6. The summed E-state index contributed by atoms with van der Waals surface area (Å²) in [5, 5.41) is 0. The third kappa shape index (κ3) is 5.15. The van der Waals surface area contributed by atoms with Crippen molar-refractivity contribution in [2.75, 3.05) is 33.2 Å². The standard InChI is InChI=1S/C21H25N3/c1-23-14-16-24(17-15-23)18-20-9-11-21(12-10-20)22-13-5-8-19-6-3-2-4-7-19/h2-13H,14-18H2,1H3/b8-5+,22-13?.